The number of nitrogen functional groups attached to an aromatic ring is 1. The number of hydrogen-bond acceptors (Lipinski definition) is 3. The van der Waals surface area contributed by atoms with Crippen LogP contribution in [0, 0.1) is 11.6 Å². The molecular weight excluding hydrogens is 286 g/mol. The van der Waals surface area contributed by atoms with Gasteiger partial charge in [-0.05, 0) is 30.3 Å². The van der Waals surface area contributed by atoms with Gasteiger partial charge in [0.2, 0.25) is 0 Å². The molecule has 0 aliphatic heterocycles. The van der Waals surface area contributed by atoms with Gasteiger partial charge < -0.3 is 5.73 Å². The normalized spacial score (nSPS) is 11.3. The Morgan fingerprint density at radius 1 is 1.05 bits per heavy atom. The smallest absolute Gasteiger partial charge is 0.264 e. The van der Waals surface area contributed by atoms with Crippen molar-refractivity contribution >= 4 is 21.4 Å². The quantitative estimate of drug-likeness (QED) is 0.885. The van der Waals surface area contributed by atoms with Crippen molar-refractivity contribution in [3.8, 4) is 0 Å². The number of hydrogen-bond donors (Lipinski definition) is 1. The predicted octanol–water partition coefficient (Wildman–Crippen LogP) is 2.37. The molecule has 0 fully saturated rings. The Balaban J connectivity index is 2.50. The molecule has 0 aliphatic rings. The van der Waals surface area contributed by atoms with Gasteiger partial charge in [-0.15, -0.1) is 0 Å². The zero-order valence-electron chi connectivity index (χ0n) is 10.5. The molecule has 0 amide bonds. The van der Waals surface area contributed by atoms with E-state index in [0.29, 0.717) is 0 Å². The van der Waals surface area contributed by atoms with E-state index in [1.807, 2.05) is 0 Å². The van der Waals surface area contributed by atoms with E-state index in [-0.39, 0.29) is 16.3 Å². The van der Waals surface area contributed by atoms with Crippen LogP contribution < -0.4 is 10.0 Å². The first kappa shape index (κ1) is 14.3. The zero-order valence-corrected chi connectivity index (χ0v) is 11.4. The molecule has 7 heteroatoms. The number of para-hydroxylation sites is 1. The van der Waals surface area contributed by atoms with Gasteiger partial charge in [-0.2, -0.15) is 0 Å². The fourth-order valence-corrected chi connectivity index (χ4v) is 2.92. The van der Waals surface area contributed by atoms with Crippen LogP contribution in [0.25, 0.3) is 0 Å². The van der Waals surface area contributed by atoms with E-state index >= 15 is 0 Å². The molecule has 0 spiro atoms. The molecular formula is C13H12F2N2O2S. The van der Waals surface area contributed by atoms with Crippen LogP contribution in [0.2, 0.25) is 0 Å². The van der Waals surface area contributed by atoms with Gasteiger partial charge in [-0.3, -0.25) is 4.31 Å². The summed E-state index contributed by atoms with van der Waals surface area (Å²) in [6, 6.07) is 8.50. The molecule has 0 radical (unpaired) electrons. The number of nitrogens with two attached hydrogens (primary N) is 1. The maximum atomic E-state index is 13.6. The highest BCUT2D eigenvalue weighted by atomic mass is 32.2. The lowest BCUT2D eigenvalue weighted by molar-refractivity contribution is 0.589. The van der Waals surface area contributed by atoms with Crippen molar-refractivity contribution in [2.75, 3.05) is 17.1 Å². The Labute approximate surface area is 115 Å². The monoisotopic (exact) mass is 298 g/mol. The molecule has 106 valence electrons. The van der Waals surface area contributed by atoms with Crippen LogP contribution in [0.3, 0.4) is 0 Å². The Morgan fingerprint density at radius 2 is 1.70 bits per heavy atom. The molecule has 2 N–H and O–H groups in total. The number of nitrogens with zero attached hydrogens (tertiary/aromatic N) is 1. The fourth-order valence-electron chi connectivity index (χ4n) is 1.68. The van der Waals surface area contributed by atoms with Crippen molar-refractivity contribution in [3.63, 3.8) is 0 Å². The Hall–Kier alpha value is -2.15. The highest BCUT2D eigenvalue weighted by Crippen LogP contribution is 2.26. The average Bonchev–Trinajstić information content (AvgIpc) is 2.41. The number of anilines is 2. The van der Waals surface area contributed by atoms with Crippen molar-refractivity contribution in [2.45, 2.75) is 4.90 Å². The van der Waals surface area contributed by atoms with Crippen LogP contribution in [-0.4, -0.2) is 15.5 Å². The van der Waals surface area contributed by atoms with E-state index in [9.17, 15) is 17.2 Å². The first-order chi connectivity index (χ1) is 9.34. The maximum Gasteiger partial charge on any atom is 0.264 e. The molecule has 0 heterocycles. The second-order valence-electron chi connectivity index (χ2n) is 4.11. The van der Waals surface area contributed by atoms with Gasteiger partial charge in [0, 0.05) is 7.05 Å². The Morgan fingerprint density at radius 3 is 2.30 bits per heavy atom. The predicted molar refractivity (Wildman–Crippen MR) is 72.8 cm³/mol. The van der Waals surface area contributed by atoms with Crippen LogP contribution in [0.4, 0.5) is 20.2 Å². The van der Waals surface area contributed by atoms with Gasteiger partial charge >= 0.3 is 0 Å². The van der Waals surface area contributed by atoms with E-state index in [1.54, 1.807) is 0 Å². The topological polar surface area (TPSA) is 63.4 Å². The summed E-state index contributed by atoms with van der Waals surface area (Å²) in [5.74, 6) is -1.38. The van der Waals surface area contributed by atoms with Crippen molar-refractivity contribution in [1.82, 2.24) is 0 Å². The first-order valence-electron chi connectivity index (χ1n) is 5.62. The molecule has 2 rings (SSSR count). The van der Waals surface area contributed by atoms with E-state index in [0.717, 1.165) is 28.6 Å². The van der Waals surface area contributed by atoms with Gasteiger partial charge in [0.1, 0.15) is 11.6 Å². The Kier molecular flexibility index (Phi) is 3.63. The Bertz CT molecular complexity index is 748. The van der Waals surface area contributed by atoms with Gasteiger partial charge in [0.25, 0.3) is 10.0 Å². The summed E-state index contributed by atoms with van der Waals surface area (Å²) in [5, 5.41) is 0. The summed E-state index contributed by atoms with van der Waals surface area (Å²) in [4.78, 5) is -0.206. The largest absolute Gasteiger partial charge is 0.396 e. The lowest BCUT2D eigenvalue weighted by atomic mass is 10.3. The third kappa shape index (κ3) is 2.44. The van der Waals surface area contributed by atoms with Crippen LogP contribution in [-0.2, 0) is 10.0 Å². The summed E-state index contributed by atoms with van der Waals surface area (Å²) < 4.78 is 52.2. The summed E-state index contributed by atoms with van der Waals surface area (Å²) >= 11 is 0. The van der Waals surface area contributed by atoms with Crippen LogP contribution >= 0.6 is 0 Å². The third-order valence-electron chi connectivity index (χ3n) is 2.82. The van der Waals surface area contributed by atoms with Crippen molar-refractivity contribution in [1.29, 1.82) is 0 Å². The number of benzene rings is 2. The van der Waals surface area contributed by atoms with Crippen LogP contribution in [0.5, 0.6) is 0 Å². The van der Waals surface area contributed by atoms with E-state index < -0.39 is 21.7 Å². The van der Waals surface area contributed by atoms with E-state index in [2.05, 4.69) is 0 Å². The molecule has 0 saturated carbocycles. The molecule has 20 heavy (non-hydrogen) atoms. The van der Waals surface area contributed by atoms with Crippen LogP contribution in [0.15, 0.2) is 47.4 Å². The first-order valence-corrected chi connectivity index (χ1v) is 7.06. The van der Waals surface area contributed by atoms with Gasteiger partial charge in [0.15, 0.2) is 0 Å². The minimum absolute atomic E-state index is 0.101. The summed E-state index contributed by atoms with van der Waals surface area (Å²) in [6.45, 7) is 0. The summed E-state index contributed by atoms with van der Waals surface area (Å²) in [5.41, 5.74) is 4.97. The lowest BCUT2D eigenvalue weighted by Gasteiger charge is -2.20. The standard InChI is InChI=1S/C13H12F2N2O2S/c1-17(13-5-3-2-4-11(13)15)20(18,19)9-6-7-10(14)12(16)8-9/h2-8H,16H2,1H3. The molecule has 0 saturated heterocycles. The average molecular weight is 298 g/mol. The highest BCUT2D eigenvalue weighted by molar-refractivity contribution is 7.92. The van der Waals surface area contributed by atoms with Gasteiger partial charge in [-0.25, -0.2) is 17.2 Å². The molecule has 0 bridgehead atoms. The molecule has 0 unspecified atom stereocenters. The number of halogens is 2. The summed E-state index contributed by atoms with van der Waals surface area (Å²) in [6.07, 6.45) is 0. The van der Waals surface area contributed by atoms with Crippen molar-refractivity contribution in [3.05, 3.63) is 54.1 Å². The van der Waals surface area contributed by atoms with Crippen molar-refractivity contribution < 1.29 is 17.2 Å². The summed E-state index contributed by atoms with van der Waals surface area (Å²) in [7, 11) is -2.79. The minimum atomic E-state index is -4.01. The zero-order chi connectivity index (χ0) is 14.9. The molecule has 0 aromatic heterocycles. The number of rotatable bonds is 3. The fraction of sp³-hybridized carbons (Fsp3) is 0.0769. The lowest BCUT2D eigenvalue weighted by Crippen LogP contribution is -2.27. The maximum absolute atomic E-state index is 13.6. The molecule has 0 aliphatic carbocycles. The van der Waals surface area contributed by atoms with Gasteiger partial charge in [-0.1, -0.05) is 12.1 Å². The van der Waals surface area contributed by atoms with Crippen LogP contribution in [0.1, 0.15) is 0 Å². The SMILES string of the molecule is CN(c1ccccc1F)S(=O)(=O)c1ccc(F)c(N)c1. The number of sulfonamides is 1. The second-order valence-corrected chi connectivity index (χ2v) is 6.08. The molecule has 2 aromatic rings. The van der Waals surface area contributed by atoms with Gasteiger partial charge in [0.05, 0.1) is 16.3 Å². The molecule has 2 aromatic carbocycles. The minimum Gasteiger partial charge on any atom is -0.396 e. The molecule has 0 atom stereocenters. The second kappa shape index (κ2) is 5.09. The van der Waals surface area contributed by atoms with E-state index in [4.69, 9.17) is 5.73 Å². The third-order valence-corrected chi connectivity index (χ3v) is 4.58. The molecule has 4 nitrogen and oxygen atoms in total. The highest BCUT2D eigenvalue weighted by Gasteiger charge is 2.24. The van der Waals surface area contributed by atoms with E-state index in [1.165, 1.54) is 25.2 Å². The van der Waals surface area contributed by atoms with Crippen molar-refractivity contribution in [2.24, 2.45) is 0 Å².